The Morgan fingerprint density at radius 3 is 2.79 bits per heavy atom. The highest BCUT2D eigenvalue weighted by Crippen LogP contribution is 2.17. The van der Waals surface area contributed by atoms with Crippen molar-refractivity contribution < 1.29 is 4.79 Å². The summed E-state index contributed by atoms with van der Waals surface area (Å²) < 4.78 is 3.42. The van der Waals surface area contributed by atoms with Crippen molar-refractivity contribution in [3.05, 3.63) is 65.2 Å². The van der Waals surface area contributed by atoms with Gasteiger partial charge >= 0.3 is 0 Å². The third-order valence-electron chi connectivity index (χ3n) is 3.81. The minimum Gasteiger partial charge on any atom is -0.322 e. The van der Waals surface area contributed by atoms with Crippen molar-refractivity contribution in [1.82, 2.24) is 19.6 Å². The van der Waals surface area contributed by atoms with Crippen LogP contribution in [-0.4, -0.2) is 25.5 Å². The number of hydrogen-bond donors (Lipinski definition) is 1. The number of halogens is 1. The Hall–Kier alpha value is -2.60. The highest BCUT2D eigenvalue weighted by molar-refractivity contribution is 6.31. The van der Waals surface area contributed by atoms with Gasteiger partial charge in [-0.25, -0.2) is 0 Å². The lowest BCUT2D eigenvalue weighted by atomic mass is 10.2. The van der Waals surface area contributed by atoms with Crippen molar-refractivity contribution in [2.24, 2.45) is 0 Å². The molecule has 2 aromatic heterocycles. The van der Waals surface area contributed by atoms with Crippen molar-refractivity contribution >= 4 is 23.2 Å². The van der Waals surface area contributed by atoms with Gasteiger partial charge in [0, 0.05) is 23.1 Å². The number of benzene rings is 1. The first kappa shape index (κ1) is 16.3. The normalized spacial score (nSPS) is 12.1. The van der Waals surface area contributed by atoms with Crippen LogP contribution in [0.5, 0.6) is 0 Å². The molecule has 0 fully saturated rings. The number of aromatic nitrogens is 4. The molecule has 0 aliphatic heterocycles. The number of nitrogens with one attached hydrogen (secondary N) is 1. The molecule has 1 atom stereocenters. The maximum atomic E-state index is 12.4. The summed E-state index contributed by atoms with van der Waals surface area (Å²) in [5, 5.41) is 12.0. The summed E-state index contributed by atoms with van der Waals surface area (Å²) in [6, 6.07) is 9.08. The van der Waals surface area contributed by atoms with Gasteiger partial charge in [-0.1, -0.05) is 29.8 Å². The van der Waals surface area contributed by atoms with E-state index >= 15 is 0 Å². The van der Waals surface area contributed by atoms with Crippen molar-refractivity contribution in [3.63, 3.8) is 0 Å². The molecule has 1 aromatic carbocycles. The standard InChI is InChI=1S/C17H18ClN5O/c1-12-7-8-19-23(12)13(2)17(24)21-15-9-20-22(11-15)10-14-5-3-4-6-16(14)18/h3-9,11,13H,10H2,1-2H3,(H,21,24). The molecule has 7 heteroatoms. The first-order valence-electron chi connectivity index (χ1n) is 7.61. The maximum Gasteiger partial charge on any atom is 0.249 e. The average Bonchev–Trinajstić information content (AvgIpc) is 3.18. The summed E-state index contributed by atoms with van der Waals surface area (Å²) >= 11 is 6.16. The molecule has 24 heavy (non-hydrogen) atoms. The number of carbonyl (C=O) groups is 1. The monoisotopic (exact) mass is 343 g/mol. The smallest absolute Gasteiger partial charge is 0.249 e. The number of amides is 1. The summed E-state index contributed by atoms with van der Waals surface area (Å²) in [7, 11) is 0. The molecule has 0 spiro atoms. The number of aryl methyl sites for hydroxylation is 1. The highest BCUT2D eigenvalue weighted by Gasteiger charge is 2.17. The van der Waals surface area contributed by atoms with E-state index in [9.17, 15) is 4.79 Å². The van der Waals surface area contributed by atoms with E-state index in [1.807, 2.05) is 44.2 Å². The van der Waals surface area contributed by atoms with Crippen LogP contribution >= 0.6 is 11.6 Å². The molecule has 0 aliphatic carbocycles. The van der Waals surface area contributed by atoms with E-state index in [2.05, 4.69) is 15.5 Å². The Morgan fingerprint density at radius 2 is 2.08 bits per heavy atom. The Balaban J connectivity index is 1.67. The van der Waals surface area contributed by atoms with Gasteiger partial charge in [-0.15, -0.1) is 0 Å². The fraction of sp³-hybridized carbons (Fsp3) is 0.235. The van der Waals surface area contributed by atoms with Crippen LogP contribution < -0.4 is 5.32 Å². The first-order valence-corrected chi connectivity index (χ1v) is 7.99. The number of nitrogens with zero attached hydrogens (tertiary/aromatic N) is 4. The molecule has 1 unspecified atom stereocenters. The molecular weight excluding hydrogens is 326 g/mol. The zero-order valence-electron chi connectivity index (χ0n) is 13.5. The van der Waals surface area contributed by atoms with Gasteiger partial charge in [-0.05, 0) is 31.5 Å². The van der Waals surface area contributed by atoms with Crippen LogP contribution in [0.15, 0.2) is 48.9 Å². The molecule has 6 nitrogen and oxygen atoms in total. The van der Waals surface area contributed by atoms with Gasteiger partial charge in [0.2, 0.25) is 5.91 Å². The van der Waals surface area contributed by atoms with E-state index in [0.717, 1.165) is 11.3 Å². The zero-order valence-corrected chi connectivity index (χ0v) is 14.2. The van der Waals surface area contributed by atoms with Crippen molar-refractivity contribution in [3.8, 4) is 0 Å². The Labute approximate surface area is 145 Å². The summed E-state index contributed by atoms with van der Waals surface area (Å²) in [5.74, 6) is -0.140. The van der Waals surface area contributed by atoms with Crippen LogP contribution in [-0.2, 0) is 11.3 Å². The molecule has 3 rings (SSSR count). The topological polar surface area (TPSA) is 64.7 Å². The van der Waals surface area contributed by atoms with Crippen LogP contribution in [0.3, 0.4) is 0 Å². The van der Waals surface area contributed by atoms with Gasteiger partial charge in [-0.3, -0.25) is 14.2 Å². The molecule has 0 aliphatic rings. The minimum atomic E-state index is -0.396. The van der Waals surface area contributed by atoms with Gasteiger partial charge < -0.3 is 5.32 Å². The maximum absolute atomic E-state index is 12.4. The lowest BCUT2D eigenvalue weighted by Crippen LogP contribution is -2.25. The number of rotatable bonds is 5. The second-order valence-electron chi connectivity index (χ2n) is 5.60. The van der Waals surface area contributed by atoms with Crippen molar-refractivity contribution in [2.75, 3.05) is 5.32 Å². The largest absolute Gasteiger partial charge is 0.322 e. The summed E-state index contributed by atoms with van der Waals surface area (Å²) in [6.07, 6.45) is 5.09. The van der Waals surface area contributed by atoms with Crippen molar-refractivity contribution in [1.29, 1.82) is 0 Å². The summed E-state index contributed by atoms with van der Waals surface area (Å²) in [6.45, 7) is 4.27. The van der Waals surface area contributed by atoms with Crippen LogP contribution in [0.4, 0.5) is 5.69 Å². The number of anilines is 1. The average molecular weight is 344 g/mol. The molecule has 0 saturated heterocycles. The number of carbonyl (C=O) groups excluding carboxylic acids is 1. The summed E-state index contributed by atoms with van der Waals surface area (Å²) in [4.78, 5) is 12.4. The fourth-order valence-electron chi connectivity index (χ4n) is 2.46. The Bertz CT molecular complexity index is 854. The second kappa shape index (κ2) is 6.88. The molecule has 0 bridgehead atoms. The molecule has 124 valence electrons. The lowest BCUT2D eigenvalue weighted by Gasteiger charge is -2.13. The van der Waals surface area contributed by atoms with Gasteiger partial charge in [-0.2, -0.15) is 10.2 Å². The molecule has 1 amide bonds. The quantitative estimate of drug-likeness (QED) is 0.773. The minimum absolute atomic E-state index is 0.140. The molecule has 2 heterocycles. The zero-order chi connectivity index (χ0) is 17.1. The summed E-state index contributed by atoms with van der Waals surface area (Å²) in [5.41, 5.74) is 2.55. The Kier molecular flexibility index (Phi) is 4.66. The van der Waals surface area contributed by atoms with E-state index < -0.39 is 6.04 Å². The van der Waals surface area contributed by atoms with Gasteiger partial charge in [0.1, 0.15) is 6.04 Å². The molecular formula is C17H18ClN5O. The van der Waals surface area contributed by atoms with Crippen LogP contribution in [0.1, 0.15) is 24.2 Å². The fourth-order valence-corrected chi connectivity index (χ4v) is 2.65. The van der Waals surface area contributed by atoms with Crippen molar-refractivity contribution in [2.45, 2.75) is 26.4 Å². The molecule has 1 N–H and O–H groups in total. The van der Waals surface area contributed by atoms with E-state index in [0.29, 0.717) is 17.3 Å². The van der Waals surface area contributed by atoms with Crippen LogP contribution in [0, 0.1) is 6.92 Å². The third-order valence-corrected chi connectivity index (χ3v) is 4.17. The lowest BCUT2D eigenvalue weighted by molar-refractivity contribution is -0.119. The van der Waals surface area contributed by atoms with Crippen LogP contribution in [0.2, 0.25) is 5.02 Å². The van der Waals surface area contributed by atoms with Crippen LogP contribution in [0.25, 0.3) is 0 Å². The number of hydrogen-bond acceptors (Lipinski definition) is 3. The molecule has 3 aromatic rings. The van der Waals surface area contributed by atoms with Gasteiger partial charge in [0.15, 0.2) is 0 Å². The highest BCUT2D eigenvalue weighted by atomic mass is 35.5. The third kappa shape index (κ3) is 3.49. The molecule has 0 radical (unpaired) electrons. The van der Waals surface area contributed by atoms with E-state index in [-0.39, 0.29) is 5.91 Å². The Morgan fingerprint density at radius 1 is 1.29 bits per heavy atom. The predicted octanol–water partition coefficient (Wildman–Crippen LogP) is 3.29. The molecule has 0 saturated carbocycles. The van der Waals surface area contributed by atoms with E-state index in [1.165, 1.54) is 0 Å². The predicted molar refractivity (Wildman–Crippen MR) is 93.1 cm³/mol. The van der Waals surface area contributed by atoms with E-state index in [4.69, 9.17) is 11.6 Å². The van der Waals surface area contributed by atoms with E-state index in [1.54, 1.807) is 28.0 Å². The van der Waals surface area contributed by atoms with Gasteiger partial charge in [0.05, 0.1) is 18.4 Å². The SMILES string of the molecule is Cc1ccnn1C(C)C(=O)Nc1cnn(Cc2ccccc2Cl)c1. The second-order valence-corrected chi connectivity index (χ2v) is 6.01. The first-order chi connectivity index (χ1) is 11.5. The van der Waals surface area contributed by atoms with Gasteiger partial charge in [0.25, 0.3) is 0 Å².